The van der Waals surface area contributed by atoms with E-state index in [1.807, 2.05) is 12.1 Å². The third-order valence-electron chi connectivity index (χ3n) is 3.59. The van der Waals surface area contributed by atoms with Gasteiger partial charge in [-0.2, -0.15) is 0 Å². The number of hydrogen-bond acceptors (Lipinski definition) is 9. The van der Waals surface area contributed by atoms with Crippen molar-refractivity contribution >= 4 is 34.7 Å². The van der Waals surface area contributed by atoms with Crippen LogP contribution in [0.3, 0.4) is 0 Å². The van der Waals surface area contributed by atoms with E-state index in [0.717, 1.165) is 5.69 Å². The smallest absolute Gasteiger partial charge is 0.302 e. The van der Waals surface area contributed by atoms with Gasteiger partial charge in [0.05, 0.1) is 11.4 Å². The Morgan fingerprint density at radius 3 is 1.93 bits per heavy atom. The maximum Gasteiger partial charge on any atom is 0.302 e. The SMILES string of the molecule is CC(=O)OCCOc1cc(Nc2ccc(N)cc2)c(OCCOC(C)=O)cc1N. The van der Waals surface area contributed by atoms with Crippen LogP contribution >= 0.6 is 0 Å². The first kappa shape index (κ1) is 21.7. The monoisotopic (exact) mass is 403 g/mol. The molecule has 0 aliphatic rings. The van der Waals surface area contributed by atoms with E-state index in [0.29, 0.717) is 28.6 Å². The first-order valence-electron chi connectivity index (χ1n) is 8.93. The molecule has 0 atom stereocenters. The fraction of sp³-hybridized carbons (Fsp3) is 0.300. The van der Waals surface area contributed by atoms with Gasteiger partial charge in [-0.15, -0.1) is 0 Å². The number of hydrogen-bond donors (Lipinski definition) is 3. The molecule has 0 saturated heterocycles. The highest BCUT2D eigenvalue weighted by Gasteiger charge is 2.12. The Kier molecular flexibility index (Phi) is 7.96. The van der Waals surface area contributed by atoms with Crippen LogP contribution in [-0.4, -0.2) is 38.4 Å². The zero-order chi connectivity index (χ0) is 21.2. The lowest BCUT2D eigenvalue weighted by Gasteiger charge is -2.17. The zero-order valence-corrected chi connectivity index (χ0v) is 16.4. The standard InChI is InChI=1S/C20H25N3O6/c1-13(24)26-7-9-28-19-12-18(23-16-5-3-15(21)4-6-16)20(11-17(19)22)29-10-8-27-14(2)25/h3-6,11-12,23H,7-10,21-22H2,1-2H3. The molecule has 0 fully saturated rings. The van der Waals surface area contributed by atoms with E-state index < -0.39 is 0 Å². The van der Waals surface area contributed by atoms with Gasteiger partial charge in [-0.05, 0) is 24.3 Å². The van der Waals surface area contributed by atoms with Gasteiger partial charge >= 0.3 is 11.9 Å². The number of rotatable bonds is 10. The molecule has 0 aliphatic carbocycles. The molecular formula is C20H25N3O6. The Morgan fingerprint density at radius 2 is 1.38 bits per heavy atom. The second kappa shape index (κ2) is 10.6. The minimum Gasteiger partial charge on any atom is -0.488 e. The van der Waals surface area contributed by atoms with Crippen LogP contribution in [0.15, 0.2) is 36.4 Å². The number of carbonyl (C=O) groups is 2. The maximum atomic E-state index is 10.9. The van der Waals surface area contributed by atoms with Gasteiger partial charge in [-0.3, -0.25) is 9.59 Å². The average molecular weight is 403 g/mol. The molecule has 2 aromatic carbocycles. The van der Waals surface area contributed by atoms with E-state index in [2.05, 4.69) is 5.32 Å². The third-order valence-corrected chi connectivity index (χ3v) is 3.59. The van der Waals surface area contributed by atoms with Crippen molar-refractivity contribution in [2.24, 2.45) is 0 Å². The lowest BCUT2D eigenvalue weighted by atomic mass is 10.2. The molecule has 29 heavy (non-hydrogen) atoms. The van der Waals surface area contributed by atoms with E-state index >= 15 is 0 Å². The quantitative estimate of drug-likeness (QED) is 0.310. The van der Waals surface area contributed by atoms with Crippen molar-refractivity contribution < 1.29 is 28.5 Å². The summed E-state index contributed by atoms with van der Waals surface area (Å²) < 4.78 is 21.0. The van der Waals surface area contributed by atoms with Gasteiger partial charge in [0.1, 0.15) is 37.9 Å². The van der Waals surface area contributed by atoms with Crippen molar-refractivity contribution in [2.75, 3.05) is 43.2 Å². The highest BCUT2D eigenvalue weighted by molar-refractivity contribution is 5.74. The van der Waals surface area contributed by atoms with Crippen molar-refractivity contribution in [3.05, 3.63) is 36.4 Å². The molecule has 2 rings (SSSR count). The second-order valence-corrected chi connectivity index (χ2v) is 6.01. The number of benzene rings is 2. The fourth-order valence-electron chi connectivity index (χ4n) is 2.31. The molecule has 0 saturated carbocycles. The highest BCUT2D eigenvalue weighted by Crippen LogP contribution is 2.36. The van der Waals surface area contributed by atoms with Crippen molar-refractivity contribution in [1.29, 1.82) is 0 Å². The summed E-state index contributed by atoms with van der Waals surface area (Å²) in [5.74, 6) is 0.0925. The Labute approximate surface area is 168 Å². The fourth-order valence-corrected chi connectivity index (χ4v) is 2.31. The Balaban J connectivity index is 2.15. The number of carbonyl (C=O) groups excluding carboxylic acids is 2. The van der Waals surface area contributed by atoms with Crippen LogP contribution in [0.5, 0.6) is 11.5 Å². The van der Waals surface area contributed by atoms with Gasteiger partial charge in [-0.1, -0.05) is 0 Å². The minimum absolute atomic E-state index is 0.107. The number of nitrogens with one attached hydrogen (secondary N) is 1. The van der Waals surface area contributed by atoms with Crippen LogP contribution in [0.2, 0.25) is 0 Å². The normalized spacial score (nSPS) is 10.1. The van der Waals surface area contributed by atoms with Crippen LogP contribution < -0.4 is 26.3 Å². The molecule has 0 aliphatic heterocycles. The maximum absolute atomic E-state index is 10.9. The van der Waals surface area contributed by atoms with Crippen LogP contribution in [-0.2, 0) is 19.1 Å². The predicted octanol–water partition coefficient (Wildman–Crippen LogP) is 2.48. The zero-order valence-electron chi connectivity index (χ0n) is 16.4. The molecular weight excluding hydrogens is 378 g/mol. The van der Waals surface area contributed by atoms with E-state index in [1.165, 1.54) is 13.8 Å². The largest absolute Gasteiger partial charge is 0.488 e. The lowest BCUT2D eigenvalue weighted by molar-refractivity contribution is -0.142. The summed E-state index contributed by atoms with van der Waals surface area (Å²) in [6, 6.07) is 10.4. The van der Waals surface area contributed by atoms with Gasteiger partial charge in [0, 0.05) is 37.4 Å². The summed E-state index contributed by atoms with van der Waals surface area (Å²) in [6.45, 7) is 3.17. The molecule has 0 radical (unpaired) electrons. The number of ether oxygens (including phenoxy) is 4. The summed E-state index contributed by atoms with van der Waals surface area (Å²) in [7, 11) is 0. The van der Waals surface area contributed by atoms with Crippen LogP contribution in [0.1, 0.15) is 13.8 Å². The summed E-state index contributed by atoms with van der Waals surface area (Å²) in [5.41, 5.74) is 14.1. The minimum atomic E-state index is -0.385. The van der Waals surface area contributed by atoms with Gasteiger partial charge < -0.3 is 35.7 Å². The van der Waals surface area contributed by atoms with E-state index in [-0.39, 0.29) is 38.4 Å². The molecule has 0 unspecified atom stereocenters. The molecule has 0 amide bonds. The van der Waals surface area contributed by atoms with Crippen molar-refractivity contribution in [1.82, 2.24) is 0 Å². The molecule has 0 heterocycles. The molecule has 2 aromatic rings. The molecule has 9 nitrogen and oxygen atoms in total. The average Bonchev–Trinajstić information content (AvgIpc) is 2.66. The summed E-state index contributed by atoms with van der Waals surface area (Å²) >= 11 is 0. The van der Waals surface area contributed by atoms with Crippen LogP contribution in [0, 0.1) is 0 Å². The number of anilines is 4. The summed E-state index contributed by atoms with van der Waals surface area (Å²) in [6.07, 6.45) is 0. The van der Waals surface area contributed by atoms with E-state index in [9.17, 15) is 9.59 Å². The van der Waals surface area contributed by atoms with Gasteiger partial charge in [-0.25, -0.2) is 0 Å². The van der Waals surface area contributed by atoms with Crippen molar-refractivity contribution in [3.63, 3.8) is 0 Å². The topological polar surface area (TPSA) is 135 Å². The molecule has 156 valence electrons. The van der Waals surface area contributed by atoms with E-state index in [1.54, 1.807) is 24.3 Å². The van der Waals surface area contributed by atoms with Gasteiger partial charge in [0.25, 0.3) is 0 Å². The predicted molar refractivity (Wildman–Crippen MR) is 109 cm³/mol. The summed E-state index contributed by atoms with van der Waals surface area (Å²) in [5, 5.41) is 3.22. The van der Waals surface area contributed by atoms with E-state index in [4.69, 9.17) is 30.4 Å². The summed E-state index contributed by atoms with van der Waals surface area (Å²) in [4.78, 5) is 21.7. The Bertz CT molecular complexity index is 839. The second-order valence-electron chi connectivity index (χ2n) is 6.01. The molecule has 0 bridgehead atoms. The van der Waals surface area contributed by atoms with Crippen LogP contribution in [0.4, 0.5) is 22.7 Å². The highest BCUT2D eigenvalue weighted by atomic mass is 16.6. The first-order valence-corrected chi connectivity index (χ1v) is 8.93. The van der Waals surface area contributed by atoms with Crippen LogP contribution in [0.25, 0.3) is 0 Å². The van der Waals surface area contributed by atoms with Crippen molar-refractivity contribution in [2.45, 2.75) is 13.8 Å². The molecule has 9 heteroatoms. The number of nitrogens with two attached hydrogens (primary N) is 2. The van der Waals surface area contributed by atoms with Gasteiger partial charge in [0.2, 0.25) is 0 Å². The third kappa shape index (κ3) is 7.49. The number of esters is 2. The molecule has 0 spiro atoms. The lowest BCUT2D eigenvalue weighted by Crippen LogP contribution is -2.12. The van der Waals surface area contributed by atoms with Gasteiger partial charge in [0.15, 0.2) is 0 Å². The van der Waals surface area contributed by atoms with Crippen molar-refractivity contribution in [3.8, 4) is 11.5 Å². The molecule has 0 aromatic heterocycles. The Morgan fingerprint density at radius 1 is 0.828 bits per heavy atom. The first-order chi connectivity index (χ1) is 13.8. The molecule has 5 N–H and O–H groups in total. The number of nitrogen functional groups attached to an aromatic ring is 2. The Hall–Kier alpha value is -3.62.